The van der Waals surface area contributed by atoms with Gasteiger partial charge in [0.25, 0.3) is 0 Å². The predicted octanol–water partition coefficient (Wildman–Crippen LogP) is 3.27. The minimum atomic E-state index is 0.942. The number of pyridine rings is 1. The van der Waals surface area contributed by atoms with Crippen LogP contribution in [0.3, 0.4) is 0 Å². The molecule has 0 saturated carbocycles. The number of anilines is 1. The first kappa shape index (κ1) is 11.4. The van der Waals surface area contributed by atoms with Crippen molar-refractivity contribution in [1.29, 1.82) is 0 Å². The number of allylic oxidation sites excluding steroid dienone is 1. The lowest BCUT2D eigenvalue weighted by Gasteiger charge is -2.11. The Morgan fingerprint density at radius 2 is 1.82 bits per heavy atom. The highest BCUT2D eigenvalue weighted by molar-refractivity contribution is 5.40. The molecular weight excluding hydrogens is 208 g/mol. The van der Waals surface area contributed by atoms with Gasteiger partial charge in [-0.05, 0) is 24.1 Å². The number of aromatic nitrogens is 1. The fraction of sp³-hybridized carbons (Fsp3) is 0.133. The molecule has 0 aliphatic carbocycles. The van der Waals surface area contributed by atoms with Gasteiger partial charge in [0.1, 0.15) is 5.82 Å². The Kier molecular flexibility index (Phi) is 3.92. The van der Waals surface area contributed by atoms with Gasteiger partial charge in [-0.2, -0.15) is 0 Å². The topological polar surface area (TPSA) is 16.1 Å². The van der Waals surface area contributed by atoms with Crippen LogP contribution in [-0.2, 0) is 6.42 Å². The third-order valence-electron chi connectivity index (χ3n) is 2.54. The van der Waals surface area contributed by atoms with Crippen LogP contribution in [0.1, 0.15) is 5.56 Å². The summed E-state index contributed by atoms with van der Waals surface area (Å²) in [6.45, 7) is 0. The molecule has 1 heterocycles. The normalized spacial score (nSPS) is 10.6. The molecular formula is C15H16N2. The standard InChI is InChI=1S/C15H16N2/c1-17(15-11-5-6-12-16-15)13-7-10-14-8-3-2-4-9-14/h2-9,11-13H,10H2,1H3/b13-7+. The van der Waals surface area contributed by atoms with Crippen LogP contribution in [-0.4, -0.2) is 12.0 Å². The Morgan fingerprint density at radius 3 is 2.53 bits per heavy atom. The summed E-state index contributed by atoms with van der Waals surface area (Å²) in [5.41, 5.74) is 1.32. The molecule has 0 spiro atoms. The van der Waals surface area contributed by atoms with Crippen LogP contribution in [0.25, 0.3) is 0 Å². The Morgan fingerprint density at radius 1 is 1.06 bits per heavy atom. The van der Waals surface area contributed by atoms with Crippen LogP contribution in [0.15, 0.2) is 67.0 Å². The highest BCUT2D eigenvalue weighted by Crippen LogP contribution is 2.07. The zero-order chi connectivity index (χ0) is 11.9. The van der Waals surface area contributed by atoms with Crippen molar-refractivity contribution >= 4 is 5.82 Å². The van der Waals surface area contributed by atoms with Gasteiger partial charge in [-0.3, -0.25) is 0 Å². The minimum Gasteiger partial charge on any atom is -0.336 e. The molecule has 0 unspecified atom stereocenters. The molecule has 0 atom stereocenters. The molecule has 0 aliphatic heterocycles. The summed E-state index contributed by atoms with van der Waals surface area (Å²) < 4.78 is 0. The summed E-state index contributed by atoms with van der Waals surface area (Å²) >= 11 is 0. The van der Waals surface area contributed by atoms with E-state index in [4.69, 9.17) is 0 Å². The fourth-order valence-corrected chi connectivity index (χ4v) is 1.60. The number of hydrogen-bond donors (Lipinski definition) is 0. The molecule has 2 rings (SSSR count). The number of rotatable bonds is 4. The van der Waals surface area contributed by atoms with Crippen LogP contribution in [0.4, 0.5) is 5.82 Å². The first-order valence-electron chi connectivity index (χ1n) is 5.71. The Hall–Kier alpha value is -2.09. The van der Waals surface area contributed by atoms with E-state index in [1.165, 1.54) is 5.56 Å². The van der Waals surface area contributed by atoms with Gasteiger partial charge in [-0.25, -0.2) is 4.98 Å². The minimum absolute atomic E-state index is 0.942. The van der Waals surface area contributed by atoms with Gasteiger partial charge in [0.05, 0.1) is 0 Å². The summed E-state index contributed by atoms with van der Waals surface area (Å²) in [6.07, 6.45) is 6.94. The van der Waals surface area contributed by atoms with E-state index in [-0.39, 0.29) is 0 Å². The fourth-order valence-electron chi connectivity index (χ4n) is 1.60. The predicted molar refractivity (Wildman–Crippen MR) is 71.9 cm³/mol. The van der Waals surface area contributed by atoms with Gasteiger partial charge in [-0.15, -0.1) is 0 Å². The molecule has 2 heteroatoms. The second kappa shape index (κ2) is 5.85. The van der Waals surface area contributed by atoms with Crippen molar-refractivity contribution < 1.29 is 0 Å². The summed E-state index contributed by atoms with van der Waals surface area (Å²) in [5.74, 6) is 0.955. The molecule has 0 radical (unpaired) electrons. The molecule has 2 aromatic rings. The Labute approximate surface area is 102 Å². The molecule has 0 bridgehead atoms. The van der Waals surface area contributed by atoms with Crippen LogP contribution in [0.5, 0.6) is 0 Å². The van der Waals surface area contributed by atoms with E-state index >= 15 is 0 Å². The maximum absolute atomic E-state index is 4.28. The van der Waals surface area contributed by atoms with Gasteiger partial charge < -0.3 is 4.90 Å². The van der Waals surface area contributed by atoms with Gasteiger partial charge in [-0.1, -0.05) is 42.5 Å². The third kappa shape index (κ3) is 3.45. The monoisotopic (exact) mass is 224 g/mol. The van der Waals surface area contributed by atoms with Crippen LogP contribution in [0, 0.1) is 0 Å². The Bertz CT molecular complexity index is 463. The average Bonchev–Trinajstić information content (AvgIpc) is 2.41. The molecule has 0 saturated heterocycles. The molecule has 2 nitrogen and oxygen atoms in total. The first-order valence-corrected chi connectivity index (χ1v) is 5.71. The van der Waals surface area contributed by atoms with Gasteiger partial charge in [0, 0.05) is 19.4 Å². The zero-order valence-electron chi connectivity index (χ0n) is 9.95. The summed E-state index contributed by atoms with van der Waals surface area (Å²) in [5, 5.41) is 0. The van der Waals surface area contributed by atoms with Crippen molar-refractivity contribution in [2.45, 2.75) is 6.42 Å². The van der Waals surface area contributed by atoms with Crippen LogP contribution < -0.4 is 4.90 Å². The largest absolute Gasteiger partial charge is 0.336 e. The molecule has 0 fully saturated rings. The van der Waals surface area contributed by atoms with Crippen molar-refractivity contribution in [2.24, 2.45) is 0 Å². The average molecular weight is 224 g/mol. The molecule has 1 aromatic heterocycles. The molecule has 17 heavy (non-hydrogen) atoms. The number of hydrogen-bond acceptors (Lipinski definition) is 2. The maximum atomic E-state index is 4.28. The summed E-state index contributed by atoms with van der Waals surface area (Å²) in [4.78, 5) is 6.30. The van der Waals surface area contributed by atoms with Gasteiger partial charge >= 0.3 is 0 Å². The van der Waals surface area contributed by atoms with Crippen molar-refractivity contribution in [3.63, 3.8) is 0 Å². The van der Waals surface area contributed by atoms with E-state index in [1.807, 2.05) is 36.2 Å². The molecule has 1 aromatic carbocycles. The second-order valence-electron chi connectivity index (χ2n) is 3.87. The molecule has 86 valence electrons. The third-order valence-corrected chi connectivity index (χ3v) is 2.54. The maximum Gasteiger partial charge on any atom is 0.132 e. The van der Waals surface area contributed by atoms with Gasteiger partial charge in [0.2, 0.25) is 0 Å². The number of benzene rings is 1. The zero-order valence-corrected chi connectivity index (χ0v) is 9.95. The van der Waals surface area contributed by atoms with Crippen molar-refractivity contribution in [1.82, 2.24) is 4.98 Å². The number of nitrogens with zero attached hydrogens (tertiary/aromatic N) is 2. The van der Waals surface area contributed by atoms with Gasteiger partial charge in [0.15, 0.2) is 0 Å². The smallest absolute Gasteiger partial charge is 0.132 e. The van der Waals surface area contributed by atoms with Crippen molar-refractivity contribution in [2.75, 3.05) is 11.9 Å². The van der Waals surface area contributed by atoms with E-state index in [0.29, 0.717) is 0 Å². The van der Waals surface area contributed by atoms with E-state index < -0.39 is 0 Å². The summed E-state index contributed by atoms with van der Waals surface area (Å²) in [7, 11) is 2.00. The lowest BCUT2D eigenvalue weighted by molar-refractivity contribution is 1.11. The van der Waals surface area contributed by atoms with Crippen LogP contribution >= 0.6 is 0 Å². The lowest BCUT2D eigenvalue weighted by Crippen LogP contribution is -2.09. The SMILES string of the molecule is CN(/C=C/Cc1ccccc1)c1ccccn1. The van der Waals surface area contributed by atoms with E-state index in [0.717, 1.165) is 12.2 Å². The highest BCUT2D eigenvalue weighted by atomic mass is 15.1. The van der Waals surface area contributed by atoms with Crippen molar-refractivity contribution in [3.05, 3.63) is 72.6 Å². The van der Waals surface area contributed by atoms with Crippen molar-refractivity contribution in [3.8, 4) is 0 Å². The molecule has 0 amide bonds. The second-order valence-corrected chi connectivity index (χ2v) is 3.87. The molecule has 0 aliphatic rings. The Balaban J connectivity index is 1.93. The first-order chi connectivity index (χ1) is 8.36. The summed E-state index contributed by atoms with van der Waals surface area (Å²) in [6, 6.07) is 16.3. The quantitative estimate of drug-likeness (QED) is 0.792. The van der Waals surface area contributed by atoms with Crippen LogP contribution in [0.2, 0.25) is 0 Å². The van der Waals surface area contributed by atoms with E-state index in [1.54, 1.807) is 6.20 Å². The highest BCUT2D eigenvalue weighted by Gasteiger charge is 1.95. The van der Waals surface area contributed by atoms with E-state index in [9.17, 15) is 0 Å². The van der Waals surface area contributed by atoms with E-state index in [2.05, 4.69) is 41.5 Å². The molecule has 0 N–H and O–H groups in total. The lowest BCUT2D eigenvalue weighted by atomic mass is 10.1.